The summed E-state index contributed by atoms with van der Waals surface area (Å²) in [5, 5.41) is 2.72. The van der Waals surface area contributed by atoms with Crippen LogP contribution < -0.4 is 5.32 Å². The van der Waals surface area contributed by atoms with Crippen molar-refractivity contribution in [3.8, 4) is 0 Å². The largest absolute Gasteiger partial charge is 0.381 e. The molecule has 5 heteroatoms. The number of hydrogen-bond donors (Lipinski definition) is 2. The normalized spacial score (nSPS) is 29.3. The van der Waals surface area contributed by atoms with Crippen LogP contribution in [-0.4, -0.2) is 24.5 Å². The van der Waals surface area contributed by atoms with Crippen LogP contribution in [0.4, 0.5) is 4.79 Å². The van der Waals surface area contributed by atoms with Crippen molar-refractivity contribution >= 4 is 27.7 Å². The van der Waals surface area contributed by atoms with E-state index in [9.17, 15) is 4.79 Å². The second kappa shape index (κ2) is 4.23. The quantitative estimate of drug-likeness (QED) is 0.515. The molecule has 3 nitrogen and oxygen atoms in total. The molecular weight excluding hydrogens is 182 g/mol. The van der Waals surface area contributed by atoms with E-state index >= 15 is 0 Å². The molecule has 1 N–H and O–H groups in total. The van der Waals surface area contributed by atoms with Crippen LogP contribution in [0.3, 0.4) is 0 Å². The van der Waals surface area contributed by atoms with Gasteiger partial charge in [0, 0.05) is 23.9 Å². The van der Waals surface area contributed by atoms with Crippen molar-refractivity contribution in [2.45, 2.75) is 25.0 Å². The topological polar surface area (TPSA) is 38.3 Å². The lowest BCUT2D eigenvalue weighted by Crippen LogP contribution is -2.46. The summed E-state index contributed by atoms with van der Waals surface area (Å²) < 4.78 is 5.05. The number of thiol groups is 1. The van der Waals surface area contributed by atoms with Gasteiger partial charge in [-0.1, -0.05) is 0 Å². The number of amides is 1. The molecule has 0 spiro atoms. The molecule has 0 saturated heterocycles. The van der Waals surface area contributed by atoms with Gasteiger partial charge in [0.15, 0.2) is 0 Å². The lowest BCUT2D eigenvalue weighted by molar-refractivity contribution is 0.0215. The minimum atomic E-state index is -0.0760. The molecule has 0 bridgehead atoms. The first-order chi connectivity index (χ1) is 5.26. The number of methoxy groups -OCH3 is 1. The van der Waals surface area contributed by atoms with Crippen molar-refractivity contribution < 1.29 is 9.53 Å². The smallest absolute Gasteiger partial charge is 0.289 e. The van der Waals surface area contributed by atoms with E-state index in [2.05, 4.69) is 17.0 Å². The third kappa shape index (κ3) is 2.57. The average molecular weight is 193 g/mol. The second-order valence-corrected chi connectivity index (χ2v) is 3.65. The van der Waals surface area contributed by atoms with Crippen molar-refractivity contribution in [3.63, 3.8) is 0 Å². The summed E-state index contributed by atoms with van der Waals surface area (Å²) >= 11 is 3.77. The highest BCUT2D eigenvalue weighted by atomic mass is 33.1. The van der Waals surface area contributed by atoms with E-state index in [1.807, 2.05) is 0 Å². The Morgan fingerprint density at radius 2 is 2.36 bits per heavy atom. The monoisotopic (exact) mass is 193 g/mol. The molecule has 0 heterocycles. The molecular formula is C6H11NO2S2. The summed E-state index contributed by atoms with van der Waals surface area (Å²) in [5.74, 6) is 0. The van der Waals surface area contributed by atoms with Crippen LogP contribution in [0.25, 0.3) is 0 Å². The van der Waals surface area contributed by atoms with E-state index in [1.54, 1.807) is 7.11 Å². The summed E-state index contributed by atoms with van der Waals surface area (Å²) in [6.07, 6.45) is 2.19. The number of hydrogen-bond acceptors (Lipinski definition) is 4. The van der Waals surface area contributed by atoms with Gasteiger partial charge in [-0.05, 0) is 12.8 Å². The van der Waals surface area contributed by atoms with Crippen LogP contribution in [0.15, 0.2) is 0 Å². The fourth-order valence-electron chi connectivity index (χ4n) is 1.07. The lowest BCUT2D eigenvalue weighted by atomic mass is 9.89. The zero-order valence-corrected chi connectivity index (χ0v) is 7.95. The van der Waals surface area contributed by atoms with Crippen molar-refractivity contribution in [2.75, 3.05) is 7.11 Å². The highest BCUT2D eigenvalue weighted by molar-refractivity contribution is 8.74. The molecule has 0 radical (unpaired) electrons. The highest BCUT2D eigenvalue weighted by Gasteiger charge is 2.29. The first-order valence-electron chi connectivity index (χ1n) is 3.41. The van der Waals surface area contributed by atoms with Crippen LogP contribution in [-0.2, 0) is 4.74 Å². The Morgan fingerprint density at radius 1 is 1.73 bits per heavy atom. The highest BCUT2D eigenvalue weighted by Crippen LogP contribution is 2.23. The van der Waals surface area contributed by atoms with Crippen LogP contribution in [0.1, 0.15) is 12.8 Å². The summed E-state index contributed by atoms with van der Waals surface area (Å²) in [7, 11) is 2.61. The molecule has 0 aromatic heterocycles. The van der Waals surface area contributed by atoms with Crippen LogP contribution in [0.5, 0.6) is 0 Å². The van der Waals surface area contributed by atoms with E-state index in [-0.39, 0.29) is 5.24 Å². The SMILES string of the molecule is CO[C@H]1C[C@@H](NC(=O)SS)C1. The molecule has 1 aliphatic carbocycles. The first-order valence-corrected chi connectivity index (χ1v) is 5.28. The van der Waals surface area contributed by atoms with Crippen LogP contribution in [0.2, 0.25) is 0 Å². The van der Waals surface area contributed by atoms with Crippen LogP contribution >= 0.6 is 22.5 Å². The predicted octanol–water partition coefficient (Wildman–Crippen LogP) is 1.45. The maximum atomic E-state index is 10.7. The molecule has 1 saturated carbocycles. The summed E-state index contributed by atoms with van der Waals surface area (Å²) in [6, 6.07) is 0.298. The molecule has 64 valence electrons. The zero-order chi connectivity index (χ0) is 8.27. The van der Waals surface area contributed by atoms with E-state index in [0.29, 0.717) is 12.1 Å². The minimum Gasteiger partial charge on any atom is -0.381 e. The van der Waals surface area contributed by atoms with Gasteiger partial charge in [0.25, 0.3) is 5.24 Å². The van der Waals surface area contributed by atoms with Crippen molar-refractivity contribution in [1.82, 2.24) is 5.32 Å². The van der Waals surface area contributed by atoms with E-state index < -0.39 is 0 Å². The third-order valence-corrected chi connectivity index (χ3v) is 2.61. The van der Waals surface area contributed by atoms with Crippen LogP contribution in [0, 0.1) is 0 Å². The molecule has 1 rings (SSSR count). The van der Waals surface area contributed by atoms with E-state index in [4.69, 9.17) is 4.74 Å². The van der Waals surface area contributed by atoms with Gasteiger partial charge in [0.05, 0.1) is 6.10 Å². The molecule has 0 aliphatic heterocycles. The van der Waals surface area contributed by atoms with E-state index in [1.165, 1.54) is 0 Å². The number of ether oxygens (including phenoxy) is 1. The number of rotatable bonds is 2. The molecule has 1 aliphatic rings. The van der Waals surface area contributed by atoms with E-state index in [0.717, 1.165) is 23.6 Å². The molecule has 1 amide bonds. The maximum Gasteiger partial charge on any atom is 0.289 e. The molecule has 1 fully saturated rings. The minimum absolute atomic E-state index is 0.0760. The molecule has 0 unspecified atom stereocenters. The molecule has 11 heavy (non-hydrogen) atoms. The Hall–Kier alpha value is 0.130. The number of carbonyl (C=O) groups excluding carboxylic acids is 1. The Labute approximate surface area is 75.1 Å². The van der Waals surface area contributed by atoms with Gasteiger partial charge in [0.1, 0.15) is 0 Å². The molecule has 0 aromatic carbocycles. The van der Waals surface area contributed by atoms with Gasteiger partial charge in [-0.25, -0.2) is 0 Å². The number of nitrogens with one attached hydrogen (secondary N) is 1. The Balaban J connectivity index is 2.08. The first kappa shape index (κ1) is 9.22. The molecule has 0 aromatic rings. The van der Waals surface area contributed by atoms with Crippen molar-refractivity contribution in [2.24, 2.45) is 0 Å². The fraction of sp³-hybridized carbons (Fsp3) is 0.833. The summed E-state index contributed by atoms with van der Waals surface area (Å²) in [4.78, 5) is 10.7. The summed E-state index contributed by atoms with van der Waals surface area (Å²) in [6.45, 7) is 0. The second-order valence-electron chi connectivity index (χ2n) is 2.55. The zero-order valence-electron chi connectivity index (χ0n) is 6.24. The van der Waals surface area contributed by atoms with Gasteiger partial charge < -0.3 is 10.1 Å². The van der Waals surface area contributed by atoms with Gasteiger partial charge >= 0.3 is 0 Å². The van der Waals surface area contributed by atoms with Crippen molar-refractivity contribution in [1.29, 1.82) is 0 Å². The number of carbonyl (C=O) groups is 1. The fourth-order valence-corrected chi connectivity index (χ4v) is 1.45. The Kier molecular flexibility index (Phi) is 3.54. The molecule has 0 atom stereocenters. The van der Waals surface area contributed by atoms with Gasteiger partial charge in [-0.3, -0.25) is 4.79 Å². The van der Waals surface area contributed by atoms with Crippen molar-refractivity contribution in [3.05, 3.63) is 0 Å². The van der Waals surface area contributed by atoms with Gasteiger partial charge in [-0.2, -0.15) is 0 Å². The van der Waals surface area contributed by atoms with Gasteiger partial charge in [-0.15, -0.1) is 11.7 Å². The van der Waals surface area contributed by atoms with Gasteiger partial charge in [0.2, 0.25) is 0 Å². The lowest BCUT2D eigenvalue weighted by Gasteiger charge is -2.34. The average Bonchev–Trinajstić information content (AvgIpc) is 1.95. The standard InChI is InChI=1S/C6H11NO2S2/c1-9-5-2-4(3-5)7-6(8)11-10/h4-5,10H,2-3H2,1H3,(H,7,8)/t4-,5+. The predicted molar refractivity (Wildman–Crippen MR) is 48.9 cm³/mol. The summed E-state index contributed by atoms with van der Waals surface area (Å²) in [5.41, 5.74) is 0. The Morgan fingerprint density at radius 3 is 2.82 bits per heavy atom. The maximum absolute atomic E-state index is 10.7. The Bertz CT molecular complexity index is 148. The third-order valence-electron chi connectivity index (χ3n) is 1.83.